The van der Waals surface area contributed by atoms with Gasteiger partial charge in [-0.25, -0.2) is 4.98 Å². The topological polar surface area (TPSA) is 64.9 Å². The zero-order valence-electron chi connectivity index (χ0n) is 13.5. The summed E-state index contributed by atoms with van der Waals surface area (Å²) in [7, 11) is 1.85. The van der Waals surface area contributed by atoms with Gasteiger partial charge in [-0.3, -0.25) is 4.68 Å². The second kappa shape index (κ2) is 6.11. The zero-order valence-corrected chi connectivity index (χ0v) is 13.5. The fourth-order valence-corrected chi connectivity index (χ4v) is 1.88. The summed E-state index contributed by atoms with van der Waals surface area (Å²) in [6.07, 6.45) is 3.58. The Balaban J connectivity index is 2.35. The standard InChI is InChI=1S/C15H23N5O/c1-9(2)13-18-14(16-6)11(5)15(19-13)21-12-7-17-20(8-12)10(3)4/h7-10H,1-6H3,(H,16,18,19). The normalized spacial score (nSPS) is 11.2. The fourth-order valence-electron chi connectivity index (χ4n) is 1.88. The Morgan fingerprint density at radius 1 is 1.19 bits per heavy atom. The summed E-state index contributed by atoms with van der Waals surface area (Å²) >= 11 is 0. The van der Waals surface area contributed by atoms with Gasteiger partial charge in [0.15, 0.2) is 5.75 Å². The molecule has 0 unspecified atom stereocenters. The summed E-state index contributed by atoms with van der Waals surface area (Å²) in [5.74, 6) is 3.04. The minimum absolute atomic E-state index is 0.235. The molecular weight excluding hydrogens is 266 g/mol. The second-order valence-electron chi connectivity index (χ2n) is 5.62. The van der Waals surface area contributed by atoms with E-state index in [0.717, 1.165) is 17.2 Å². The third-order valence-electron chi connectivity index (χ3n) is 3.19. The quantitative estimate of drug-likeness (QED) is 0.912. The first-order valence-electron chi connectivity index (χ1n) is 7.20. The van der Waals surface area contributed by atoms with Crippen LogP contribution in [0.3, 0.4) is 0 Å². The van der Waals surface area contributed by atoms with Crippen LogP contribution in [0.15, 0.2) is 12.4 Å². The van der Waals surface area contributed by atoms with Gasteiger partial charge in [0.1, 0.15) is 11.6 Å². The molecule has 2 rings (SSSR count). The van der Waals surface area contributed by atoms with Crippen LogP contribution in [0.1, 0.15) is 51.0 Å². The molecule has 0 aliphatic rings. The molecule has 114 valence electrons. The Labute approximate surface area is 125 Å². The van der Waals surface area contributed by atoms with Gasteiger partial charge in [-0.2, -0.15) is 10.1 Å². The number of anilines is 1. The summed E-state index contributed by atoms with van der Waals surface area (Å²) in [5.41, 5.74) is 0.888. The Morgan fingerprint density at radius 3 is 2.43 bits per heavy atom. The number of hydrogen-bond acceptors (Lipinski definition) is 5. The number of nitrogens with zero attached hydrogens (tertiary/aromatic N) is 4. The molecule has 0 bridgehead atoms. The van der Waals surface area contributed by atoms with Gasteiger partial charge in [-0.15, -0.1) is 0 Å². The van der Waals surface area contributed by atoms with Gasteiger partial charge < -0.3 is 10.1 Å². The molecule has 1 N–H and O–H groups in total. The maximum absolute atomic E-state index is 5.90. The number of aromatic nitrogens is 4. The molecule has 2 heterocycles. The van der Waals surface area contributed by atoms with Crippen molar-refractivity contribution in [3.8, 4) is 11.6 Å². The predicted octanol–water partition coefficient (Wildman–Crippen LogP) is 3.52. The minimum Gasteiger partial charge on any atom is -0.435 e. The highest BCUT2D eigenvalue weighted by Crippen LogP contribution is 2.28. The van der Waals surface area contributed by atoms with Gasteiger partial charge in [0.05, 0.1) is 18.0 Å². The van der Waals surface area contributed by atoms with Gasteiger partial charge in [0, 0.05) is 19.0 Å². The van der Waals surface area contributed by atoms with E-state index in [0.29, 0.717) is 17.7 Å². The molecule has 6 heteroatoms. The lowest BCUT2D eigenvalue weighted by atomic mass is 10.2. The number of nitrogens with one attached hydrogen (secondary N) is 1. The maximum Gasteiger partial charge on any atom is 0.227 e. The van der Waals surface area contributed by atoms with E-state index in [1.807, 2.05) is 24.9 Å². The third kappa shape index (κ3) is 3.32. The van der Waals surface area contributed by atoms with Gasteiger partial charge in [0.2, 0.25) is 5.88 Å². The molecule has 0 saturated heterocycles. The number of rotatable bonds is 5. The van der Waals surface area contributed by atoms with E-state index >= 15 is 0 Å². The van der Waals surface area contributed by atoms with Gasteiger partial charge in [-0.05, 0) is 20.8 Å². The summed E-state index contributed by atoms with van der Waals surface area (Å²) in [6, 6.07) is 0.299. The van der Waals surface area contributed by atoms with Crippen molar-refractivity contribution in [3.63, 3.8) is 0 Å². The van der Waals surface area contributed by atoms with Crippen LogP contribution in [-0.4, -0.2) is 26.8 Å². The predicted molar refractivity (Wildman–Crippen MR) is 83.1 cm³/mol. The summed E-state index contributed by atoms with van der Waals surface area (Å²) < 4.78 is 7.75. The van der Waals surface area contributed by atoms with Crippen LogP contribution in [0.2, 0.25) is 0 Å². The molecule has 0 atom stereocenters. The Bertz CT molecular complexity index is 619. The number of ether oxygens (including phenoxy) is 1. The summed E-state index contributed by atoms with van der Waals surface area (Å²) in [6.45, 7) is 10.2. The highest BCUT2D eigenvalue weighted by atomic mass is 16.5. The van der Waals surface area contributed by atoms with Crippen molar-refractivity contribution in [2.75, 3.05) is 12.4 Å². The van der Waals surface area contributed by atoms with Crippen LogP contribution in [-0.2, 0) is 0 Å². The molecule has 0 fully saturated rings. The lowest BCUT2D eigenvalue weighted by Crippen LogP contribution is -2.06. The molecule has 2 aromatic heterocycles. The molecule has 0 saturated carbocycles. The SMILES string of the molecule is CNc1nc(C(C)C)nc(Oc2cnn(C(C)C)c2)c1C. The van der Waals surface area contributed by atoms with Gasteiger partial charge in [0.25, 0.3) is 0 Å². The summed E-state index contributed by atoms with van der Waals surface area (Å²) in [4.78, 5) is 9.02. The van der Waals surface area contributed by atoms with Gasteiger partial charge >= 0.3 is 0 Å². The molecule has 0 aromatic carbocycles. The Hall–Kier alpha value is -2.11. The monoisotopic (exact) mass is 289 g/mol. The highest BCUT2D eigenvalue weighted by molar-refractivity contribution is 5.49. The van der Waals surface area contributed by atoms with Crippen LogP contribution >= 0.6 is 0 Å². The molecular formula is C15H23N5O. The zero-order chi connectivity index (χ0) is 15.6. The maximum atomic E-state index is 5.90. The number of hydrogen-bond donors (Lipinski definition) is 1. The largest absolute Gasteiger partial charge is 0.435 e. The van der Waals surface area contributed by atoms with Crippen LogP contribution in [0, 0.1) is 6.92 Å². The molecule has 0 amide bonds. The van der Waals surface area contributed by atoms with E-state index in [1.165, 1.54) is 0 Å². The lowest BCUT2D eigenvalue weighted by molar-refractivity contribution is 0.450. The van der Waals surface area contributed by atoms with Crippen molar-refractivity contribution in [1.29, 1.82) is 0 Å². The van der Waals surface area contributed by atoms with Crippen molar-refractivity contribution in [2.24, 2.45) is 0 Å². The first kappa shape index (κ1) is 15.3. The van der Waals surface area contributed by atoms with Crippen LogP contribution in [0.25, 0.3) is 0 Å². The van der Waals surface area contributed by atoms with E-state index in [4.69, 9.17) is 4.74 Å². The van der Waals surface area contributed by atoms with Crippen molar-refractivity contribution in [1.82, 2.24) is 19.7 Å². The second-order valence-corrected chi connectivity index (χ2v) is 5.62. The van der Waals surface area contributed by atoms with Crippen molar-refractivity contribution in [2.45, 2.75) is 46.6 Å². The fraction of sp³-hybridized carbons (Fsp3) is 0.533. The third-order valence-corrected chi connectivity index (χ3v) is 3.19. The lowest BCUT2D eigenvalue weighted by Gasteiger charge is -2.13. The average Bonchev–Trinajstić information content (AvgIpc) is 2.89. The first-order chi connectivity index (χ1) is 9.92. The molecule has 0 aliphatic carbocycles. The molecule has 6 nitrogen and oxygen atoms in total. The Morgan fingerprint density at radius 2 is 1.90 bits per heavy atom. The molecule has 21 heavy (non-hydrogen) atoms. The minimum atomic E-state index is 0.235. The summed E-state index contributed by atoms with van der Waals surface area (Å²) in [5, 5.41) is 7.36. The smallest absolute Gasteiger partial charge is 0.227 e. The van der Waals surface area contributed by atoms with E-state index in [1.54, 1.807) is 6.20 Å². The van der Waals surface area contributed by atoms with E-state index in [2.05, 4.69) is 48.1 Å². The molecule has 0 radical (unpaired) electrons. The van der Waals surface area contributed by atoms with Gasteiger partial charge in [-0.1, -0.05) is 13.8 Å². The molecule has 0 aliphatic heterocycles. The Kier molecular flexibility index (Phi) is 4.45. The van der Waals surface area contributed by atoms with E-state index in [9.17, 15) is 0 Å². The van der Waals surface area contributed by atoms with Crippen LogP contribution in [0.5, 0.6) is 11.6 Å². The van der Waals surface area contributed by atoms with Crippen molar-refractivity contribution in [3.05, 3.63) is 23.8 Å². The average molecular weight is 289 g/mol. The first-order valence-corrected chi connectivity index (χ1v) is 7.20. The van der Waals surface area contributed by atoms with Crippen molar-refractivity contribution >= 4 is 5.82 Å². The van der Waals surface area contributed by atoms with E-state index < -0.39 is 0 Å². The van der Waals surface area contributed by atoms with E-state index in [-0.39, 0.29) is 5.92 Å². The molecule has 2 aromatic rings. The molecule has 0 spiro atoms. The van der Waals surface area contributed by atoms with Crippen LogP contribution < -0.4 is 10.1 Å². The van der Waals surface area contributed by atoms with Crippen LogP contribution in [0.4, 0.5) is 5.82 Å². The highest BCUT2D eigenvalue weighted by Gasteiger charge is 2.15. The van der Waals surface area contributed by atoms with Crippen molar-refractivity contribution < 1.29 is 4.74 Å².